The smallest absolute Gasteiger partial charge is 0.259 e. The molecule has 1 atom stereocenters. The fraction of sp³-hybridized carbons (Fsp3) is 0.263. The summed E-state index contributed by atoms with van der Waals surface area (Å²) in [5.74, 6) is 0.988. The van der Waals surface area contributed by atoms with Crippen molar-refractivity contribution in [2.24, 2.45) is 0 Å². The van der Waals surface area contributed by atoms with Gasteiger partial charge in [-0.25, -0.2) is 9.37 Å². The minimum Gasteiger partial charge on any atom is -0.354 e. The van der Waals surface area contributed by atoms with Gasteiger partial charge in [0.2, 0.25) is 0 Å². The Labute approximate surface area is 165 Å². The van der Waals surface area contributed by atoms with E-state index in [1.807, 2.05) is 12.1 Å². The van der Waals surface area contributed by atoms with Gasteiger partial charge in [0.1, 0.15) is 11.6 Å². The van der Waals surface area contributed by atoms with E-state index in [4.69, 9.17) is 16.1 Å². The molecule has 3 heterocycles. The molecule has 1 amide bonds. The van der Waals surface area contributed by atoms with Crippen LogP contribution in [-0.4, -0.2) is 40.2 Å². The third-order valence-corrected chi connectivity index (χ3v) is 4.84. The molecule has 1 aliphatic heterocycles. The van der Waals surface area contributed by atoms with Gasteiger partial charge >= 0.3 is 0 Å². The van der Waals surface area contributed by atoms with Crippen molar-refractivity contribution in [1.29, 1.82) is 0 Å². The quantitative estimate of drug-likeness (QED) is 0.722. The molecular formula is C19H17ClFN5O2. The van der Waals surface area contributed by atoms with Gasteiger partial charge < -0.3 is 14.7 Å². The van der Waals surface area contributed by atoms with Crippen LogP contribution in [0.25, 0.3) is 11.5 Å². The fourth-order valence-electron chi connectivity index (χ4n) is 3.11. The van der Waals surface area contributed by atoms with Gasteiger partial charge in [0.15, 0.2) is 5.82 Å². The molecule has 9 heteroatoms. The first-order chi connectivity index (χ1) is 13.5. The van der Waals surface area contributed by atoms with Crippen LogP contribution in [-0.2, 0) is 0 Å². The Morgan fingerprint density at radius 2 is 2.21 bits per heavy atom. The molecule has 1 aliphatic rings. The van der Waals surface area contributed by atoms with E-state index in [-0.39, 0.29) is 17.0 Å². The largest absolute Gasteiger partial charge is 0.354 e. The summed E-state index contributed by atoms with van der Waals surface area (Å²) < 4.78 is 18.4. The van der Waals surface area contributed by atoms with Gasteiger partial charge in [0.25, 0.3) is 11.8 Å². The van der Waals surface area contributed by atoms with Crippen LogP contribution in [0, 0.1) is 12.7 Å². The van der Waals surface area contributed by atoms with Crippen LogP contribution in [0.3, 0.4) is 0 Å². The van der Waals surface area contributed by atoms with E-state index in [0.717, 1.165) is 24.3 Å². The van der Waals surface area contributed by atoms with Crippen molar-refractivity contribution < 1.29 is 13.7 Å². The number of nitrogens with zero attached hydrogens (tertiary/aromatic N) is 4. The molecule has 0 bridgehead atoms. The zero-order chi connectivity index (χ0) is 19.7. The van der Waals surface area contributed by atoms with E-state index in [2.05, 4.69) is 25.3 Å². The molecule has 3 aromatic rings. The van der Waals surface area contributed by atoms with Crippen molar-refractivity contribution in [1.82, 2.24) is 20.4 Å². The summed E-state index contributed by atoms with van der Waals surface area (Å²) in [5.41, 5.74) is 1.09. The lowest BCUT2D eigenvalue weighted by molar-refractivity contribution is 0.0940. The van der Waals surface area contributed by atoms with Crippen molar-refractivity contribution in [3.05, 3.63) is 58.8 Å². The SMILES string of the molecule is Cc1noc(-c2ccc(N3CC[C@H](NC(=O)c4ccc(F)c(Cl)c4)C3)nc2)n1. The number of aromatic nitrogens is 3. The van der Waals surface area contributed by atoms with Crippen LogP contribution in [0.1, 0.15) is 22.6 Å². The number of rotatable bonds is 4. The van der Waals surface area contributed by atoms with E-state index in [1.165, 1.54) is 18.2 Å². The summed E-state index contributed by atoms with van der Waals surface area (Å²) in [5, 5.41) is 6.66. The molecular weight excluding hydrogens is 385 g/mol. The highest BCUT2D eigenvalue weighted by Gasteiger charge is 2.25. The lowest BCUT2D eigenvalue weighted by Gasteiger charge is -2.18. The average molecular weight is 402 g/mol. The Bertz CT molecular complexity index is 1010. The second-order valence-electron chi connectivity index (χ2n) is 6.59. The highest BCUT2D eigenvalue weighted by molar-refractivity contribution is 6.31. The fourth-order valence-corrected chi connectivity index (χ4v) is 3.29. The molecule has 1 N–H and O–H groups in total. The molecule has 0 unspecified atom stereocenters. The van der Waals surface area contributed by atoms with Gasteiger partial charge in [-0.15, -0.1) is 0 Å². The highest BCUT2D eigenvalue weighted by Crippen LogP contribution is 2.23. The molecule has 0 radical (unpaired) electrons. The van der Waals surface area contributed by atoms with Crippen LogP contribution < -0.4 is 10.2 Å². The van der Waals surface area contributed by atoms with E-state index >= 15 is 0 Å². The number of hydrogen-bond donors (Lipinski definition) is 1. The topological polar surface area (TPSA) is 84.2 Å². The summed E-state index contributed by atoms with van der Waals surface area (Å²) in [7, 11) is 0. The zero-order valence-corrected chi connectivity index (χ0v) is 15.8. The second-order valence-corrected chi connectivity index (χ2v) is 6.99. The molecule has 7 nitrogen and oxygen atoms in total. The first-order valence-corrected chi connectivity index (χ1v) is 9.15. The number of pyridine rings is 1. The number of anilines is 1. The summed E-state index contributed by atoms with van der Waals surface area (Å²) in [6.07, 6.45) is 2.47. The maximum Gasteiger partial charge on any atom is 0.259 e. The van der Waals surface area contributed by atoms with Crippen LogP contribution in [0.5, 0.6) is 0 Å². The lowest BCUT2D eigenvalue weighted by Crippen LogP contribution is -2.37. The molecule has 2 aromatic heterocycles. The van der Waals surface area contributed by atoms with E-state index in [1.54, 1.807) is 13.1 Å². The Morgan fingerprint density at radius 3 is 2.89 bits per heavy atom. The van der Waals surface area contributed by atoms with Gasteiger partial charge in [0, 0.05) is 30.9 Å². The van der Waals surface area contributed by atoms with Crippen molar-refractivity contribution in [3.63, 3.8) is 0 Å². The van der Waals surface area contributed by atoms with Gasteiger partial charge in [-0.2, -0.15) is 4.98 Å². The minimum absolute atomic E-state index is 0.0311. The Hall–Kier alpha value is -3.00. The van der Waals surface area contributed by atoms with Crippen molar-refractivity contribution in [3.8, 4) is 11.5 Å². The highest BCUT2D eigenvalue weighted by atomic mass is 35.5. The summed E-state index contributed by atoms with van der Waals surface area (Å²) in [4.78, 5) is 23.1. The first kappa shape index (κ1) is 18.4. The van der Waals surface area contributed by atoms with E-state index < -0.39 is 5.82 Å². The summed E-state index contributed by atoms with van der Waals surface area (Å²) in [6, 6.07) is 7.67. The minimum atomic E-state index is -0.546. The molecule has 4 rings (SSSR count). The predicted molar refractivity (Wildman–Crippen MR) is 102 cm³/mol. The lowest BCUT2D eigenvalue weighted by atomic mass is 10.2. The molecule has 0 saturated carbocycles. The second kappa shape index (κ2) is 7.55. The van der Waals surface area contributed by atoms with Crippen molar-refractivity contribution in [2.45, 2.75) is 19.4 Å². The zero-order valence-electron chi connectivity index (χ0n) is 15.0. The van der Waals surface area contributed by atoms with Crippen molar-refractivity contribution >= 4 is 23.3 Å². The third-order valence-electron chi connectivity index (χ3n) is 4.55. The van der Waals surface area contributed by atoms with Gasteiger partial charge in [-0.1, -0.05) is 16.8 Å². The number of carbonyl (C=O) groups is 1. The number of amides is 1. The number of halogens is 2. The van der Waals surface area contributed by atoms with Crippen LogP contribution in [0.4, 0.5) is 10.2 Å². The monoisotopic (exact) mass is 401 g/mol. The van der Waals surface area contributed by atoms with Crippen LogP contribution in [0.2, 0.25) is 5.02 Å². The van der Waals surface area contributed by atoms with Gasteiger partial charge in [-0.3, -0.25) is 4.79 Å². The van der Waals surface area contributed by atoms with Crippen LogP contribution in [0.15, 0.2) is 41.1 Å². The number of nitrogens with one attached hydrogen (secondary N) is 1. The van der Waals surface area contributed by atoms with Crippen molar-refractivity contribution in [2.75, 3.05) is 18.0 Å². The van der Waals surface area contributed by atoms with Gasteiger partial charge in [0.05, 0.1) is 10.6 Å². The maximum atomic E-state index is 13.3. The maximum absolute atomic E-state index is 13.3. The van der Waals surface area contributed by atoms with E-state index in [0.29, 0.717) is 23.8 Å². The number of hydrogen-bond acceptors (Lipinski definition) is 6. The number of carbonyl (C=O) groups excluding carboxylic acids is 1. The molecule has 1 aromatic carbocycles. The number of benzene rings is 1. The first-order valence-electron chi connectivity index (χ1n) is 8.77. The Balaban J connectivity index is 1.38. The van der Waals surface area contributed by atoms with E-state index in [9.17, 15) is 9.18 Å². The molecule has 1 fully saturated rings. The summed E-state index contributed by atoms with van der Waals surface area (Å²) >= 11 is 5.75. The van der Waals surface area contributed by atoms with Gasteiger partial charge in [-0.05, 0) is 43.7 Å². The molecule has 0 aliphatic carbocycles. The molecule has 28 heavy (non-hydrogen) atoms. The molecule has 144 valence electrons. The standard InChI is InChI=1S/C19H17ClFN5O2/c1-11-23-19(28-25-11)13-3-5-17(22-9-13)26-7-6-14(10-26)24-18(27)12-2-4-16(21)15(20)8-12/h2-5,8-9,14H,6-7,10H2,1H3,(H,24,27)/t14-/m0/s1. The molecule has 1 saturated heterocycles. The van der Waals surface area contributed by atoms with Crippen LogP contribution >= 0.6 is 11.6 Å². The summed E-state index contributed by atoms with van der Waals surface area (Å²) in [6.45, 7) is 3.15. The molecule has 0 spiro atoms. The number of aryl methyl sites for hydroxylation is 1. The predicted octanol–water partition coefficient (Wildman–Crippen LogP) is 3.24. The average Bonchev–Trinajstić information content (AvgIpc) is 3.33. The normalized spacial score (nSPS) is 16.4. The third kappa shape index (κ3) is 3.82. The Kier molecular flexibility index (Phi) is 4.95. The Morgan fingerprint density at radius 1 is 1.36 bits per heavy atom.